The second-order valence-corrected chi connectivity index (χ2v) is 2.98. The first kappa shape index (κ1) is 13.6. The first-order valence-electron chi connectivity index (χ1n) is 4.95. The molecule has 4 heteroatoms. The van der Waals surface area contributed by atoms with Crippen molar-refractivity contribution in [3.05, 3.63) is 12.7 Å². The molecule has 0 unspecified atom stereocenters. The highest BCUT2D eigenvalue weighted by atomic mass is 16.5. The lowest BCUT2D eigenvalue weighted by Crippen LogP contribution is -2.31. The summed E-state index contributed by atoms with van der Waals surface area (Å²) in [5.41, 5.74) is 5.31. The Bertz CT molecular complexity index is 131. The Morgan fingerprint density at radius 1 is 1.29 bits per heavy atom. The molecule has 84 valence electrons. The van der Waals surface area contributed by atoms with Crippen molar-refractivity contribution in [2.24, 2.45) is 5.73 Å². The van der Waals surface area contributed by atoms with Crippen molar-refractivity contribution in [2.75, 3.05) is 53.1 Å². The molecule has 0 saturated carbocycles. The van der Waals surface area contributed by atoms with Crippen molar-refractivity contribution in [3.8, 4) is 0 Å². The number of ether oxygens (including phenoxy) is 2. The van der Waals surface area contributed by atoms with Gasteiger partial charge in [0, 0.05) is 33.3 Å². The van der Waals surface area contributed by atoms with Crippen LogP contribution in [0.15, 0.2) is 12.7 Å². The summed E-state index contributed by atoms with van der Waals surface area (Å²) in [6, 6.07) is 0. The number of hydrogen-bond acceptors (Lipinski definition) is 4. The van der Waals surface area contributed by atoms with Crippen LogP contribution in [0.25, 0.3) is 0 Å². The normalized spacial score (nSPS) is 10.8. The lowest BCUT2D eigenvalue weighted by atomic mass is 10.4. The van der Waals surface area contributed by atoms with Crippen molar-refractivity contribution in [3.63, 3.8) is 0 Å². The molecule has 0 bridgehead atoms. The van der Waals surface area contributed by atoms with Crippen LogP contribution >= 0.6 is 0 Å². The Labute approximate surface area is 86.7 Å². The summed E-state index contributed by atoms with van der Waals surface area (Å²) in [6.07, 6.45) is 1.89. The molecule has 0 amide bonds. The van der Waals surface area contributed by atoms with Crippen LogP contribution in [0.5, 0.6) is 0 Å². The standard InChI is InChI=1S/C10H22N2O2/c1-3-5-12(6-9-13-2)7-10-14-8-4-11/h3H,1,4-11H2,2H3. The fourth-order valence-electron chi connectivity index (χ4n) is 1.08. The SMILES string of the molecule is C=CCN(CCOC)CCOCCN. The number of nitrogens with two attached hydrogens (primary N) is 1. The molecule has 0 aromatic heterocycles. The van der Waals surface area contributed by atoms with E-state index in [9.17, 15) is 0 Å². The maximum absolute atomic E-state index is 5.31. The van der Waals surface area contributed by atoms with Gasteiger partial charge in [-0.25, -0.2) is 0 Å². The van der Waals surface area contributed by atoms with Gasteiger partial charge >= 0.3 is 0 Å². The van der Waals surface area contributed by atoms with Crippen LogP contribution in [0.2, 0.25) is 0 Å². The fourth-order valence-corrected chi connectivity index (χ4v) is 1.08. The first-order chi connectivity index (χ1) is 6.85. The van der Waals surface area contributed by atoms with E-state index in [0.29, 0.717) is 13.2 Å². The minimum atomic E-state index is 0.583. The molecule has 0 saturated heterocycles. The van der Waals surface area contributed by atoms with Gasteiger partial charge in [0.15, 0.2) is 0 Å². The van der Waals surface area contributed by atoms with Crippen LogP contribution < -0.4 is 5.73 Å². The minimum absolute atomic E-state index is 0.583. The van der Waals surface area contributed by atoms with Gasteiger partial charge in [0.2, 0.25) is 0 Å². The molecular weight excluding hydrogens is 180 g/mol. The summed E-state index contributed by atoms with van der Waals surface area (Å²) in [5, 5.41) is 0. The number of methoxy groups -OCH3 is 1. The van der Waals surface area contributed by atoms with Crippen LogP contribution in [0.1, 0.15) is 0 Å². The Morgan fingerprint density at radius 3 is 2.57 bits per heavy atom. The van der Waals surface area contributed by atoms with Crippen LogP contribution in [-0.4, -0.2) is 58.0 Å². The maximum Gasteiger partial charge on any atom is 0.0594 e. The topological polar surface area (TPSA) is 47.7 Å². The highest BCUT2D eigenvalue weighted by Crippen LogP contribution is 1.89. The van der Waals surface area contributed by atoms with Crippen molar-refractivity contribution in [2.45, 2.75) is 0 Å². The minimum Gasteiger partial charge on any atom is -0.383 e. The molecule has 0 radical (unpaired) electrons. The summed E-state index contributed by atoms with van der Waals surface area (Å²) >= 11 is 0. The van der Waals surface area contributed by atoms with E-state index in [0.717, 1.165) is 32.8 Å². The third kappa shape index (κ3) is 8.19. The molecule has 0 spiro atoms. The largest absolute Gasteiger partial charge is 0.383 e. The third-order valence-corrected chi connectivity index (χ3v) is 1.81. The fraction of sp³-hybridized carbons (Fsp3) is 0.800. The Morgan fingerprint density at radius 2 is 2.00 bits per heavy atom. The maximum atomic E-state index is 5.31. The molecule has 0 aromatic carbocycles. The molecule has 0 aliphatic heterocycles. The van der Waals surface area contributed by atoms with Crippen molar-refractivity contribution in [1.29, 1.82) is 0 Å². The van der Waals surface area contributed by atoms with Crippen molar-refractivity contribution >= 4 is 0 Å². The molecule has 0 rings (SSSR count). The molecule has 0 fully saturated rings. The molecule has 0 aliphatic carbocycles. The summed E-state index contributed by atoms with van der Waals surface area (Å²) in [5.74, 6) is 0. The molecule has 2 N–H and O–H groups in total. The molecule has 0 heterocycles. The van der Waals surface area contributed by atoms with E-state index in [1.165, 1.54) is 0 Å². The first-order valence-corrected chi connectivity index (χ1v) is 4.95. The van der Waals surface area contributed by atoms with Gasteiger partial charge in [-0.15, -0.1) is 6.58 Å². The predicted molar refractivity (Wildman–Crippen MR) is 58.4 cm³/mol. The number of rotatable bonds is 10. The lowest BCUT2D eigenvalue weighted by molar-refractivity contribution is 0.0970. The highest BCUT2D eigenvalue weighted by molar-refractivity contribution is 4.73. The summed E-state index contributed by atoms with van der Waals surface area (Å²) in [7, 11) is 1.71. The van der Waals surface area contributed by atoms with Gasteiger partial charge < -0.3 is 15.2 Å². The smallest absolute Gasteiger partial charge is 0.0594 e. The second-order valence-electron chi connectivity index (χ2n) is 2.98. The molecular formula is C10H22N2O2. The Balaban J connectivity index is 3.45. The van der Waals surface area contributed by atoms with Crippen LogP contribution in [0.4, 0.5) is 0 Å². The zero-order valence-corrected chi connectivity index (χ0v) is 9.08. The van der Waals surface area contributed by atoms with Gasteiger partial charge in [-0.05, 0) is 0 Å². The van der Waals surface area contributed by atoms with Gasteiger partial charge in [-0.3, -0.25) is 4.90 Å². The zero-order valence-electron chi connectivity index (χ0n) is 9.08. The van der Waals surface area contributed by atoms with Crippen LogP contribution in [0.3, 0.4) is 0 Å². The van der Waals surface area contributed by atoms with Crippen LogP contribution in [-0.2, 0) is 9.47 Å². The highest BCUT2D eigenvalue weighted by Gasteiger charge is 2.01. The average Bonchev–Trinajstić information content (AvgIpc) is 2.20. The van der Waals surface area contributed by atoms with Crippen molar-refractivity contribution < 1.29 is 9.47 Å². The molecule has 14 heavy (non-hydrogen) atoms. The number of hydrogen-bond donors (Lipinski definition) is 1. The zero-order chi connectivity index (χ0) is 10.6. The Hall–Kier alpha value is -0.420. The van der Waals surface area contributed by atoms with E-state index in [4.69, 9.17) is 15.2 Å². The van der Waals surface area contributed by atoms with Gasteiger partial charge in [0.25, 0.3) is 0 Å². The van der Waals surface area contributed by atoms with Gasteiger partial charge in [-0.2, -0.15) is 0 Å². The quantitative estimate of drug-likeness (QED) is 0.403. The second kappa shape index (κ2) is 10.7. The van der Waals surface area contributed by atoms with Gasteiger partial charge in [0.1, 0.15) is 0 Å². The predicted octanol–water partition coefficient (Wildman–Crippen LogP) is 0.0961. The summed E-state index contributed by atoms with van der Waals surface area (Å²) in [6.45, 7) is 9.06. The lowest BCUT2D eigenvalue weighted by Gasteiger charge is -2.19. The van der Waals surface area contributed by atoms with E-state index in [1.807, 2.05) is 6.08 Å². The van der Waals surface area contributed by atoms with E-state index < -0.39 is 0 Å². The van der Waals surface area contributed by atoms with E-state index in [2.05, 4.69) is 11.5 Å². The summed E-state index contributed by atoms with van der Waals surface area (Å²) < 4.78 is 10.3. The third-order valence-electron chi connectivity index (χ3n) is 1.81. The molecule has 0 aliphatic rings. The monoisotopic (exact) mass is 202 g/mol. The molecule has 0 aromatic rings. The van der Waals surface area contributed by atoms with E-state index in [1.54, 1.807) is 7.11 Å². The molecule has 4 nitrogen and oxygen atoms in total. The molecule has 0 atom stereocenters. The van der Waals surface area contributed by atoms with E-state index in [-0.39, 0.29) is 0 Å². The van der Waals surface area contributed by atoms with Crippen LogP contribution in [0, 0.1) is 0 Å². The van der Waals surface area contributed by atoms with Gasteiger partial charge in [-0.1, -0.05) is 6.08 Å². The van der Waals surface area contributed by atoms with E-state index >= 15 is 0 Å². The summed E-state index contributed by atoms with van der Waals surface area (Å²) in [4.78, 5) is 2.23. The average molecular weight is 202 g/mol. The number of nitrogens with zero attached hydrogens (tertiary/aromatic N) is 1. The van der Waals surface area contributed by atoms with Crippen molar-refractivity contribution in [1.82, 2.24) is 4.90 Å². The Kier molecular flexibility index (Phi) is 10.3. The van der Waals surface area contributed by atoms with Gasteiger partial charge in [0.05, 0.1) is 19.8 Å².